The summed E-state index contributed by atoms with van der Waals surface area (Å²) in [5.41, 5.74) is 1.14. The lowest BCUT2D eigenvalue weighted by Gasteiger charge is -2.09. The van der Waals surface area contributed by atoms with E-state index in [-0.39, 0.29) is 0 Å². The quantitative estimate of drug-likeness (QED) is 0.742. The standard InChI is InChI=1S/C9H14N2O/c1-2-4-9(3-1)10-5-8-6-11-12-7-8/h6-7,9-10H,1-5H2. The van der Waals surface area contributed by atoms with Gasteiger partial charge in [0.05, 0.1) is 6.20 Å². The van der Waals surface area contributed by atoms with Crippen LogP contribution in [0.4, 0.5) is 0 Å². The van der Waals surface area contributed by atoms with E-state index in [1.54, 1.807) is 12.5 Å². The maximum Gasteiger partial charge on any atom is 0.128 e. The molecule has 0 aliphatic heterocycles. The van der Waals surface area contributed by atoms with Crippen molar-refractivity contribution in [3.05, 3.63) is 18.0 Å². The molecule has 2 rings (SSSR count). The van der Waals surface area contributed by atoms with E-state index in [0.29, 0.717) is 0 Å². The Bertz CT molecular complexity index is 214. The lowest BCUT2D eigenvalue weighted by atomic mass is 10.2. The largest absolute Gasteiger partial charge is 0.364 e. The third-order valence-corrected chi connectivity index (χ3v) is 2.43. The number of aromatic nitrogens is 1. The lowest BCUT2D eigenvalue weighted by Crippen LogP contribution is -2.24. The molecule has 0 spiro atoms. The Morgan fingerprint density at radius 2 is 2.33 bits per heavy atom. The van der Waals surface area contributed by atoms with Crippen LogP contribution in [0.25, 0.3) is 0 Å². The van der Waals surface area contributed by atoms with Crippen LogP contribution in [0.2, 0.25) is 0 Å². The van der Waals surface area contributed by atoms with Crippen molar-refractivity contribution >= 4 is 0 Å². The summed E-state index contributed by atoms with van der Waals surface area (Å²) in [6.07, 6.45) is 8.86. The van der Waals surface area contributed by atoms with Gasteiger partial charge in [-0.1, -0.05) is 18.0 Å². The Morgan fingerprint density at radius 3 is 3.00 bits per heavy atom. The van der Waals surface area contributed by atoms with Gasteiger partial charge in [-0.25, -0.2) is 0 Å². The molecule has 3 nitrogen and oxygen atoms in total. The summed E-state index contributed by atoms with van der Waals surface area (Å²) >= 11 is 0. The molecule has 3 heteroatoms. The van der Waals surface area contributed by atoms with Gasteiger partial charge in [-0.15, -0.1) is 0 Å². The number of nitrogens with zero attached hydrogens (tertiary/aromatic N) is 1. The van der Waals surface area contributed by atoms with Crippen LogP contribution < -0.4 is 5.32 Å². The van der Waals surface area contributed by atoms with Gasteiger partial charge in [0.1, 0.15) is 6.26 Å². The van der Waals surface area contributed by atoms with Crippen molar-refractivity contribution in [1.29, 1.82) is 0 Å². The summed E-state index contributed by atoms with van der Waals surface area (Å²) in [4.78, 5) is 0. The average molecular weight is 166 g/mol. The van der Waals surface area contributed by atoms with Crippen LogP contribution in [0.1, 0.15) is 31.2 Å². The number of nitrogens with one attached hydrogen (secondary N) is 1. The monoisotopic (exact) mass is 166 g/mol. The van der Waals surface area contributed by atoms with E-state index in [1.807, 2.05) is 0 Å². The molecule has 1 fully saturated rings. The van der Waals surface area contributed by atoms with Gasteiger partial charge in [0.15, 0.2) is 0 Å². The van der Waals surface area contributed by atoms with Gasteiger partial charge in [0.25, 0.3) is 0 Å². The number of hydrogen-bond acceptors (Lipinski definition) is 3. The molecule has 1 aromatic heterocycles. The molecule has 1 aliphatic carbocycles. The van der Waals surface area contributed by atoms with Gasteiger partial charge in [-0.05, 0) is 12.8 Å². The topological polar surface area (TPSA) is 38.1 Å². The fourth-order valence-electron chi connectivity index (χ4n) is 1.71. The second-order valence-electron chi connectivity index (χ2n) is 3.39. The maximum atomic E-state index is 4.74. The first-order valence-corrected chi connectivity index (χ1v) is 4.57. The Labute approximate surface area is 72.1 Å². The minimum absolute atomic E-state index is 0.722. The summed E-state index contributed by atoms with van der Waals surface area (Å²) in [6.45, 7) is 0.897. The van der Waals surface area contributed by atoms with Gasteiger partial charge in [-0.2, -0.15) is 0 Å². The van der Waals surface area contributed by atoms with Gasteiger partial charge >= 0.3 is 0 Å². The third kappa shape index (κ3) is 1.85. The molecule has 0 unspecified atom stereocenters. The lowest BCUT2D eigenvalue weighted by molar-refractivity contribution is 0.418. The van der Waals surface area contributed by atoms with Gasteiger partial charge < -0.3 is 9.84 Å². The van der Waals surface area contributed by atoms with Crippen LogP contribution in [-0.4, -0.2) is 11.2 Å². The fraction of sp³-hybridized carbons (Fsp3) is 0.667. The first kappa shape index (κ1) is 7.80. The predicted octanol–water partition coefficient (Wildman–Crippen LogP) is 1.71. The highest BCUT2D eigenvalue weighted by atomic mass is 16.5. The van der Waals surface area contributed by atoms with Crippen molar-refractivity contribution in [2.75, 3.05) is 0 Å². The van der Waals surface area contributed by atoms with E-state index in [9.17, 15) is 0 Å². The smallest absolute Gasteiger partial charge is 0.128 e. The molecule has 1 aliphatic rings. The number of hydrogen-bond donors (Lipinski definition) is 1. The molecule has 66 valence electrons. The zero-order valence-corrected chi connectivity index (χ0v) is 7.12. The fourth-order valence-corrected chi connectivity index (χ4v) is 1.71. The molecule has 0 bridgehead atoms. The molecule has 0 radical (unpaired) electrons. The SMILES string of the molecule is c1nocc1CNC1CCCC1. The van der Waals surface area contributed by atoms with E-state index in [2.05, 4.69) is 10.5 Å². The summed E-state index contributed by atoms with van der Waals surface area (Å²) in [5, 5.41) is 7.14. The van der Waals surface area contributed by atoms with E-state index in [1.165, 1.54) is 25.7 Å². The van der Waals surface area contributed by atoms with Crippen molar-refractivity contribution in [3.8, 4) is 0 Å². The highest BCUT2D eigenvalue weighted by Crippen LogP contribution is 2.17. The van der Waals surface area contributed by atoms with Crippen LogP contribution in [0.3, 0.4) is 0 Å². The zero-order chi connectivity index (χ0) is 8.23. The molecule has 0 atom stereocenters. The van der Waals surface area contributed by atoms with Crippen molar-refractivity contribution < 1.29 is 4.52 Å². The molecule has 1 saturated carbocycles. The van der Waals surface area contributed by atoms with Crippen LogP contribution in [0, 0.1) is 0 Å². The molecular formula is C9H14N2O. The normalized spacial score (nSPS) is 18.7. The predicted molar refractivity (Wildman–Crippen MR) is 45.6 cm³/mol. The highest BCUT2D eigenvalue weighted by Gasteiger charge is 2.13. The Morgan fingerprint density at radius 1 is 1.50 bits per heavy atom. The molecule has 1 N–H and O–H groups in total. The van der Waals surface area contributed by atoms with Crippen LogP contribution >= 0.6 is 0 Å². The molecule has 1 aromatic rings. The maximum absolute atomic E-state index is 4.74. The van der Waals surface area contributed by atoms with E-state index >= 15 is 0 Å². The minimum atomic E-state index is 0.722. The van der Waals surface area contributed by atoms with Gasteiger partial charge in [0.2, 0.25) is 0 Å². The van der Waals surface area contributed by atoms with Gasteiger partial charge in [0, 0.05) is 18.2 Å². The van der Waals surface area contributed by atoms with Crippen molar-refractivity contribution in [2.24, 2.45) is 0 Å². The Balaban J connectivity index is 1.74. The van der Waals surface area contributed by atoms with Crippen molar-refractivity contribution in [3.63, 3.8) is 0 Å². The molecule has 0 aromatic carbocycles. The second-order valence-corrected chi connectivity index (χ2v) is 3.39. The summed E-state index contributed by atoms with van der Waals surface area (Å²) in [7, 11) is 0. The van der Waals surface area contributed by atoms with Gasteiger partial charge in [-0.3, -0.25) is 0 Å². The Hall–Kier alpha value is -0.830. The first-order valence-electron chi connectivity index (χ1n) is 4.57. The molecular weight excluding hydrogens is 152 g/mol. The summed E-state index contributed by atoms with van der Waals surface area (Å²) in [6, 6.07) is 0.722. The highest BCUT2D eigenvalue weighted by molar-refractivity contribution is 4.99. The molecule has 1 heterocycles. The van der Waals surface area contributed by atoms with E-state index in [4.69, 9.17) is 4.52 Å². The second kappa shape index (κ2) is 3.72. The Kier molecular flexibility index (Phi) is 2.42. The van der Waals surface area contributed by atoms with E-state index < -0.39 is 0 Å². The van der Waals surface area contributed by atoms with Crippen LogP contribution in [0.15, 0.2) is 17.0 Å². The average Bonchev–Trinajstić information content (AvgIpc) is 2.74. The third-order valence-electron chi connectivity index (χ3n) is 2.43. The summed E-state index contributed by atoms with van der Waals surface area (Å²) < 4.78 is 4.74. The molecule has 0 saturated heterocycles. The zero-order valence-electron chi connectivity index (χ0n) is 7.12. The minimum Gasteiger partial charge on any atom is -0.364 e. The molecule has 0 amide bonds. The van der Waals surface area contributed by atoms with Crippen LogP contribution in [0.5, 0.6) is 0 Å². The van der Waals surface area contributed by atoms with Crippen LogP contribution in [-0.2, 0) is 6.54 Å². The number of rotatable bonds is 3. The van der Waals surface area contributed by atoms with Crippen molar-refractivity contribution in [1.82, 2.24) is 10.5 Å². The van der Waals surface area contributed by atoms with Crippen molar-refractivity contribution in [2.45, 2.75) is 38.3 Å². The van der Waals surface area contributed by atoms with E-state index in [0.717, 1.165) is 18.2 Å². The first-order chi connectivity index (χ1) is 5.95. The summed E-state index contributed by atoms with van der Waals surface area (Å²) in [5.74, 6) is 0. The molecule has 12 heavy (non-hydrogen) atoms.